The van der Waals surface area contributed by atoms with Gasteiger partial charge in [-0.3, -0.25) is 4.79 Å². The van der Waals surface area contributed by atoms with Crippen LogP contribution in [-0.2, 0) is 4.74 Å². The minimum Gasteiger partial charge on any atom is -0.367 e. The molecule has 0 aromatic carbocycles. The number of H-pyrrole nitrogens is 1. The third-order valence-corrected chi connectivity index (χ3v) is 3.97. The first-order valence-electron chi connectivity index (χ1n) is 6.20. The number of aryl methyl sites for hydroxylation is 1. The number of thiophene rings is 1. The number of aromatic amines is 1. The molecule has 0 radical (unpaired) electrons. The first-order chi connectivity index (χ1) is 9.24. The van der Waals surface area contributed by atoms with Gasteiger partial charge in [-0.15, -0.1) is 11.3 Å². The second-order valence-electron chi connectivity index (χ2n) is 4.54. The topological polar surface area (TPSA) is 58.2 Å². The molecule has 6 heteroatoms. The van der Waals surface area contributed by atoms with E-state index < -0.39 is 0 Å². The maximum absolute atomic E-state index is 12.3. The third-order valence-electron chi connectivity index (χ3n) is 3.11. The van der Waals surface area contributed by atoms with Gasteiger partial charge < -0.3 is 14.6 Å². The summed E-state index contributed by atoms with van der Waals surface area (Å²) in [4.78, 5) is 22.3. The Bertz CT molecular complexity index is 564. The van der Waals surface area contributed by atoms with Gasteiger partial charge >= 0.3 is 0 Å². The number of amides is 1. The van der Waals surface area contributed by atoms with Gasteiger partial charge in [-0.25, -0.2) is 4.98 Å². The van der Waals surface area contributed by atoms with Gasteiger partial charge in [0, 0.05) is 18.4 Å². The lowest BCUT2D eigenvalue weighted by atomic mass is 10.2. The Hall–Kier alpha value is -1.66. The van der Waals surface area contributed by atoms with Crippen molar-refractivity contribution in [2.45, 2.75) is 13.0 Å². The fourth-order valence-electron chi connectivity index (χ4n) is 2.15. The van der Waals surface area contributed by atoms with Crippen molar-refractivity contribution in [2.75, 3.05) is 19.7 Å². The Morgan fingerprint density at radius 2 is 2.53 bits per heavy atom. The molecule has 1 fully saturated rings. The Labute approximate surface area is 115 Å². The van der Waals surface area contributed by atoms with Crippen LogP contribution in [0.1, 0.15) is 27.3 Å². The lowest BCUT2D eigenvalue weighted by Crippen LogP contribution is -2.42. The fraction of sp³-hybridized carbons (Fsp3) is 0.385. The Kier molecular flexibility index (Phi) is 3.35. The van der Waals surface area contributed by atoms with Crippen LogP contribution in [0.3, 0.4) is 0 Å². The number of nitrogens with zero attached hydrogens (tertiary/aromatic N) is 2. The van der Waals surface area contributed by atoms with E-state index in [1.165, 1.54) is 11.3 Å². The zero-order chi connectivity index (χ0) is 13.2. The van der Waals surface area contributed by atoms with Crippen LogP contribution >= 0.6 is 11.3 Å². The van der Waals surface area contributed by atoms with Crippen molar-refractivity contribution in [2.24, 2.45) is 0 Å². The summed E-state index contributed by atoms with van der Waals surface area (Å²) >= 11 is 1.47. The Morgan fingerprint density at radius 1 is 1.63 bits per heavy atom. The van der Waals surface area contributed by atoms with Gasteiger partial charge in [0.05, 0.1) is 18.0 Å². The van der Waals surface area contributed by atoms with Crippen molar-refractivity contribution in [3.8, 4) is 0 Å². The largest absolute Gasteiger partial charge is 0.367 e. The molecule has 1 saturated heterocycles. The maximum atomic E-state index is 12.3. The molecule has 19 heavy (non-hydrogen) atoms. The van der Waals surface area contributed by atoms with E-state index in [1.807, 2.05) is 29.3 Å². The zero-order valence-electron chi connectivity index (χ0n) is 10.6. The highest BCUT2D eigenvalue weighted by Gasteiger charge is 2.27. The molecule has 0 spiro atoms. The molecule has 2 aromatic heterocycles. The van der Waals surface area contributed by atoms with Crippen LogP contribution < -0.4 is 0 Å². The molecule has 100 valence electrons. The summed E-state index contributed by atoms with van der Waals surface area (Å²) in [5.74, 6) is 0.868. The van der Waals surface area contributed by atoms with Crippen LogP contribution in [0.4, 0.5) is 0 Å². The smallest absolute Gasteiger partial charge is 0.264 e. The normalized spacial score (nSPS) is 19.6. The monoisotopic (exact) mass is 277 g/mol. The highest BCUT2D eigenvalue weighted by atomic mass is 32.1. The number of carbonyl (C=O) groups excluding carboxylic acids is 1. The Morgan fingerprint density at radius 3 is 3.21 bits per heavy atom. The summed E-state index contributed by atoms with van der Waals surface area (Å²) in [6.07, 6.45) is 1.62. The van der Waals surface area contributed by atoms with Crippen LogP contribution in [0.5, 0.6) is 0 Å². The molecule has 0 aliphatic carbocycles. The molecule has 0 bridgehead atoms. The van der Waals surface area contributed by atoms with Crippen molar-refractivity contribution >= 4 is 17.2 Å². The maximum Gasteiger partial charge on any atom is 0.264 e. The van der Waals surface area contributed by atoms with E-state index in [2.05, 4.69) is 9.97 Å². The van der Waals surface area contributed by atoms with Crippen molar-refractivity contribution in [3.63, 3.8) is 0 Å². The average molecular weight is 277 g/mol. The summed E-state index contributed by atoms with van der Waals surface area (Å²) < 4.78 is 5.69. The zero-order valence-corrected chi connectivity index (χ0v) is 11.4. The van der Waals surface area contributed by atoms with Gasteiger partial charge in [0.25, 0.3) is 5.91 Å². The van der Waals surface area contributed by atoms with Crippen molar-refractivity contribution in [3.05, 3.63) is 40.1 Å². The highest BCUT2D eigenvalue weighted by molar-refractivity contribution is 7.12. The minimum atomic E-state index is -0.161. The number of hydrogen-bond donors (Lipinski definition) is 1. The number of nitrogens with one attached hydrogen (secondary N) is 1. The van der Waals surface area contributed by atoms with Crippen LogP contribution in [0.2, 0.25) is 0 Å². The molecule has 0 saturated carbocycles. The van der Waals surface area contributed by atoms with Gasteiger partial charge in [0.2, 0.25) is 0 Å². The van der Waals surface area contributed by atoms with Gasteiger partial charge in [-0.05, 0) is 18.4 Å². The standard InChI is InChI=1S/C13H15N3O2S/c1-9-7-14-12(15-9)10-8-16(4-5-18-10)13(17)11-3-2-6-19-11/h2-3,6-7,10H,4-5,8H2,1H3,(H,14,15)/t10-/m1/s1. The van der Waals surface area contributed by atoms with Gasteiger partial charge in [-0.1, -0.05) is 6.07 Å². The predicted octanol–water partition coefficient (Wildman–Crippen LogP) is 1.99. The fourth-order valence-corrected chi connectivity index (χ4v) is 2.84. The Balaban J connectivity index is 1.73. The van der Waals surface area contributed by atoms with Crippen molar-refractivity contribution in [1.29, 1.82) is 0 Å². The lowest BCUT2D eigenvalue weighted by molar-refractivity contribution is -0.0263. The average Bonchev–Trinajstić information content (AvgIpc) is 3.09. The number of morpholine rings is 1. The molecule has 5 nitrogen and oxygen atoms in total. The molecule has 1 aliphatic heterocycles. The summed E-state index contributed by atoms with van der Waals surface area (Å²) in [7, 11) is 0. The second kappa shape index (κ2) is 5.14. The van der Waals surface area contributed by atoms with Crippen LogP contribution in [0.15, 0.2) is 23.7 Å². The SMILES string of the molecule is Cc1cnc([C@H]2CN(C(=O)c3cccs3)CCO2)[nH]1. The first kappa shape index (κ1) is 12.4. The summed E-state index contributed by atoms with van der Waals surface area (Å²) in [5.41, 5.74) is 1.00. The van der Waals surface area contributed by atoms with E-state index in [1.54, 1.807) is 6.20 Å². The van der Waals surface area contributed by atoms with E-state index >= 15 is 0 Å². The number of carbonyl (C=O) groups is 1. The predicted molar refractivity (Wildman–Crippen MR) is 72.2 cm³/mol. The number of aromatic nitrogens is 2. The van der Waals surface area contributed by atoms with E-state index in [0.717, 1.165) is 16.4 Å². The number of hydrogen-bond acceptors (Lipinski definition) is 4. The summed E-state index contributed by atoms with van der Waals surface area (Å²) in [6.45, 7) is 3.67. The molecule has 1 aliphatic rings. The van der Waals surface area contributed by atoms with E-state index in [4.69, 9.17) is 4.74 Å². The van der Waals surface area contributed by atoms with E-state index in [-0.39, 0.29) is 12.0 Å². The van der Waals surface area contributed by atoms with Gasteiger partial charge in [0.1, 0.15) is 11.9 Å². The third kappa shape index (κ3) is 2.54. The second-order valence-corrected chi connectivity index (χ2v) is 5.49. The molecule has 3 rings (SSSR count). The quantitative estimate of drug-likeness (QED) is 0.913. The van der Waals surface area contributed by atoms with Crippen molar-refractivity contribution < 1.29 is 9.53 Å². The molecule has 0 unspecified atom stereocenters. The first-order valence-corrected chi connectivity index (χ1v) is 7.08. The molecule has 1 amide bonds. The number of ether oxygens (including phenoxy) is 1. The van der Waals surface area contributed by atoms with Crippen molar-refractivity contribution in [1.82, 2.24) is 14.9 Å². The van der Waals surface area contributed by atoms with Crippen LogP contribution in [0.25, 0.3) is 0 Å². The van der Waals surface area contributed by atoms with Gasteiger partial charge in [0.15, 0.2) is 0 Å². The van der Waals surface area contributed by atoms with Gasteiger partial charge in [-0.2, -0.15) is 0 Å². The van der Waals surface area contributed by atoms with E-state index in [0.29, 0.717) is 19.7 Å². The molecule has 1 N–H and O–H groups in total. The summed E-state index contributed by atoms with van der Waals surface area (Å²) in [6, 6.07) is 3.75. The number of imidazole rings is 1. The molecular weight excluding hydrogens is 262 g/mol. The highest BCUT2D eigenvalue weighted by Crippen LogP contribution is 2.22. The van der Waals surface area contributed by atoms with Crippen LogP contribution in [-0.4, -0.2) is 40.5 Å². The minimum absolute atomic E-state index is 0.0755. The summed E-state index contributed by atoms with van der Waals surface area (Å²) in [5, 5.41) is 1.92. The molecular formula is C13H15N3O2S. The lowest BCUT2D eigenvalue weighted by Gasteiger charge is -2.31. The number of rotatable bonds is 2. The van der Waals surface area contributed by atoms with Crippen LogP contribution in [0, 0.1) is 6.92 Å². The molecule has 1 atom stereocenters. The molecule has 2 aromatic rings. The molecule has 3 heterocycles. The van der Waals surface area contributed by atoms with E-state index in [9.17, 15) is 4.79 Å².